The maximum atomic E-state index is 12.6. The molecule has 5 nitrogen and oxygen atoms in total. The van der Waals surface area contributed by atoms with E-state index >= 15 is 0 Å². The van der Waals surface area contributed by atoms with E-state index in [0.717, 1.165) is 11.3 Å². The Kier molecular flexibility index (Phi) is 4.62. The summed E-state index contributed by atoms with van der Waals surface area (Å²) >= 11 is 5.97. The van der Waals surface area contributed by atoms with Crippen LogP contribution in [0.4, 0.5) is 0 Å². The van der Waals surface area contributed by atoms with Crippen LogP contribution in [0, 0.1) is 0 Å². The van der Waals surface area contributed by atoms with Gasteiger partial charge in [-0.1, -0.05) is 29.8 Å². The number of amides is 1. The fourth-order valence-electron chi connectivity index (χ4n) is 2.47. The molecule has 0 unspecified atom stereocenters. The molecule has 0 spiro atoms. The van der Waals surface area contributed by atoms with Crippen LogP contribution in [-0.4, -0.2) is 32.6 Å². The Morgan fingerprint density at radius 3 is 2.58 bits per heavy atom. The molecule has 122 valence electrons. The van der Waals surface area contributed by atoms with Crippen LogP contribution in [0.15, 0.2) is 61.2 Å². The third kappa shape index (κ3) is 3.31. The molecule has 0 saturated carbocycles. The highest BCUT2D eigenvalue weighted by atomic mass is 35.5. The van der Waals surface area contributed by atoms with Crippen molar-refractivity contribution in [1.82, 2.24) is 19.7 Å². The van der Waals surface area contributed by atoms with Gasteiger partial charge < -0.3 is 4.90 Å². The summed E-state index contributed by atoms with van der Waals surface area (Å²) in [5, 5.41) is 4.66. The zero-order valence-electron chi connectivity index (χ0n) is 13.4. The van der Waals surface area contributed by atoms with Gasteiger partial charge in [0.15, 0.2) is 0 Å². The molecule has 1 aromatic heterocycles. The van der Waals surface area contributed by atoms with Gasteiger partial charge in [0, 0.05) is 17.6 Å². The van der Waals surface area contributed by atoms with Crippen LogP contribution in [0.1, 0.15) is 28.9 Å². The average molecular weight is 341 g/mol. The van der Waals surface area contributed by atoms with Gasteiger partial charge in [0.1, 0.15) is 12.7 Å². The lowest BCUT2D eigenvalue weighted by Crippen LogP contribution is -2.29. The highest BCUT2D eigenvalue weighted by molar-refractivity contribution is 6.30. The molecular weight excluding hydrogens is 324 g/mol. The molecule has 2 aromatic carbocycles. The van der Waals surface area contributed by atoms with Crippen molar-refractivity contribution in [2.24, 2.45) is 0 Å². The van der Waals surface area contributed by atoms with Crippen molar-refractivity contribution in [3.05, 3.63) is 77.3 Å². The van der Waals surface area contributed by atoms with Crippen LogP contribution >= 0.6 is 11.6 Å². The van der Waals surface area contributed by atoms with E-state index in [1.807, 2.05) is 31.2 Å². The lowest BCUT2D eigenvalue weighted by atomic mass is 10.1. The molecule has 1 amide bonds. The first kappa shape index (κ1) is 16.2. The van der Waals surface area contributed by atoms with Crippen LogP contribution in [0.3, 0.4) is 0 Å². The summed E-state index contributed by atoms with van der Waals surface area (Å²) < 4.78 is 1.69. The Morgan fingerprint density at radius 1 is 1.21 bits per heavy atom. The average Bonchev–Trinajstić information content (AvgIpc) is 3.14. The molecule has 0 bridgehead atoms. The van der Waals surface area contributed by atoms with Gasteiger partial charge in [-0.2, -0.15) is 5.10 Å². The van der Waals surface area contributed by atoms with Crippen molar-refractivity contribution in [1.29, 1.82) is 0 Å². The zero-order chi connectivity index (χ0) is 17.1. The molecule has 0 saturated heterocycles. The molecular formula is C18H17ClN4O. The standard InChI is InChI=1S/C18H17ClN4O/c1-13(22(2)18(24)15-4-3-5-16(19)10-15)14-6-8-17(9-7-14)23-12-20-11-21-23/h3-13H,1-2H3/t13-/m1/s1. The number of halogens is 1. The van der Waals surface area contributed by atoms with Gasteiger partial charge in [-0.3, -0.25) is 4.79 Å². The summed E-state index contributed by atoms with van der Waals surface area (Å²) in [7, 11) is 1.79. The van der Waals surface area contributed by atoms with Crippen LogP contribution in [0.5, 0.6) is 0 Å². The number of aromatic nitrogens is 3. The molecule has 1 atom stereocenters. The number of rotatable bonds is 4. The quantitative estimate of drug-likeness (QED) is 0.726. The van der Waals surface area contributed by atoms with E-state index in [1.54, 1.807) is 47.2 Å². The van der Waals surface area contributed by atoms with Gasteiger partial charge in [0.05, 0.1) is 11.7 Å². The minimum atomic E-state index is -0.0683. The Bertz CT molecular complexity index is 830. The molecule has 24 heavy (non-hydrogen) atoms. The first-order chi connectivity index (χ1) is 11.6. The van der Waals surface area contributed by atoms with Crippen molar-refractivity contribution in [3.63, 3.8) is 0 Å². The summed E-state index contributed by atoms with van der Waals surface area (Å²) in [5.74, 6) is -0.0645. The lowest BCUT2D eigenvalue weighted by molar-refractivity contribution is 0.0742. The fourth-order valence-corrected chi connectivity index (χ4v) is 2.66. The minimum absolute atomic E-state index is 0.0645. The smallest absolute Gasteiger partial charge is 0.254 e. The zero-order valence-corrected chi connectivity index (χ0v) is 14.2. The molecule has 0 aliphatic heterocycles. The van der Waals surface area contributed by atoms with E-state index in [0.29, 0.717) is 10.6 Å². The van der Waals surface area contributed by atoms with Crippen molar-refractivity contribution in [2.45, 2.75) is 13.0 Å². The predicted molar refractivity (Wildman–Crippen MR) is 93.3 cm³/mol. The highest BCUT2D eigenvalue weighted by Gasteiger charge is 2.19. The summed E-state index contributed by atoms with van der Waals surface area (Å²) in [5.41, 5.74) is 2.54. The Hall–Kier alpha value is -2.66. The fraction of sp³-hybridized carbons (Fsp3) is 0.167. The molecule has 1 heterocycles. The lowest BCUT2D eigenvalue weighted by Gasteiger charge is -2.25. The van der Waals surface area contributed by atoms with E-state index < -0.39 is 0 Å². The van der Waals surface area contributed by atoms with Crippen LogP contribution in [-0.2, 0) is 0 Å². The van der Waals surface area contributed by atoms with Gasteiger partial charge >= 0.3 is 0 Å². The molecule has 0 fully saturated rings. The van der Waals surface area contributed by atoms with E-state index in [-0.39, 0.29) is 11.9 Å². The van der Waals surface area contributed by atoms with Crippen molar-refractivity contribution < 1.29 is 4.79 Å². The minimum Gasteiger partial charge on any atom is -0.335 e. The number of carbonyl (C=O) groups is 1. The maximum absolute atomic E-state index is 12.6. The second-order valence-corrected chi connectivity index (χ2v) is 5.97. The second kappa shape index (κ2) is 6.84. The SMILES string of the molecule is C[C@H](c1ccc(-n2cncn2)cc1)N(C)C(=O)c1cccc(Cl)c1. The van der Waals surface area contributed by atoms with E-state index in [9.17, 15) is 4.79 Å². The molecule has 3 rings (SSSR count). The summed E-state index contributed by atoms with van der Waals surface area (Å²) in [6.45, 7) is 1.99. The third-order valence-corrected chi connectivity index (χ3v) is 4.27. The van der Waals surface area contributed by atoms with Gasteiger partial charge in [0.2, 0.25) is 0 Å². The highest BCUT2D eigenvalue weighted by Crippen LogP contribution is 2.22. The van der Waals surface area contributed by atoms with E-state index in [2.05, 4.69) is 10.1 Å². The van der Waals surface area contributed by atoms with Crippen molar-refractivity contribution in [2.75, 3.05) is 7.05 Å². The molecule has 0 N–H and O–H groups in total. The third-order valence-electron chi connectivity index (χ3n) is 4.03. The summed E-state index contributed by atoms with van der Waals surface area (Å²) in [4.78, 5) is 18.3. The Morgan fingerprint density at radius 2 is 1.96 bits per heavy atom. The number of nitrogens with zero attached hydrogens (tertiary/aromatic N) is 4. The Balaban J connectivity index is 1.78. The number of hydrogen-bond donors (Lipinski definition) is 0. The van der Waals surface area contributed by atoms with Crippen LogP contribution in [0.25, 0.3) is 5.69 Å². The van der Waals surface area contributed by atoms with Crippen LogP contribution in [0.2, 0.25) is 5.02 Å². The van der Waals surface area contributed by atoms with Crippen LogP contribution < -0.4 is 0 Å². The van der Waals surface area contributed by atoms with Gasteiger partial charge in [-0.25, -0.2) is 9.67 Å². The first-order valence-electron chi connectivity index (χ1n) is 7.54. The van der Waals surface area contributed by atoms with Crippen molar-refractivity contribution >= 4 is 17.5 Å². The molecule has 0 radical (unpaired) electrons. The molecule has 3 aromatic rings. The molecule has 0 aliphatic rings. The number of benzene rings is 2. The summed E-state index contributed by atoms with van der Waals surface area (Å²) in [6.07, 6.45) is 3.14. The maximum Gasteiger partial charge on any atom is 0.254 e. The van der Waals surface area contributed by atoms with Gasteiger partial charge in [0.25, 0.3) is 5.91 Å². The summed E-state index contributed by atoms with van der Waals surface area (Å²) in [6, 6.07) is 14.8. The first-order valence-corrected chi connectivity index (χ1v) is 7.92. The number of carbonyl (C=O) groups excluding carboxylic acids is 1. The molecule has 6 heteroatoms. The molecule has 0 aliphatic carbocycles. The van der Waals surface area contributed by atoms with Crippen molar-refractivity contribution in [3.8, 4) is 5.69 Å². The monoisotopic (exact) mass is 340 g/mol. The predicted octanol–water partition coefficient (Wildman–Crippen LogP) is 3.75. The number of hydrogen-bond acceptors (Lipinski definition) is 3. The Labute approximate surface area is 145 Å². The van der Waals surface area contributed by atoms with Gasteiger partial charge in [-0.05, 0) is 42.8 Å². The topological polar surface area (TPSA) is 51.0 Å². The van der Waals surface area contributed by atoms with E-state index in [4.69, 9.17) is 11.6 Å². The largest absolute Gasteiger partial charge is 0.335 e. The van der Waals surface area contributed by atoms with E-state index in [1.165, 1.54) is 6.33 Å². The normalized spacial score (nSPS) is 12.0. The second-order valence-electron chi connectivity index (χ2n) is 5.53. The van der Waals surface area contributed by atoms with Gasteiger partial charge in [-0.15, -0.1) is 0 Å².